The van der Waals surface area contributed by atoms with Crippen molar-refractivity contribution in [3.63, 3.8) is 0 Å². The Labute approximate surface area is 124 Å². The highest BCUT2D eigenvalue weighted by Crippen LogP contribution is 2.21. The lowest BCUT2D eigenvalue weighted by Crippen LogP contribution is -2.39. The van der Waals surface area contributed by atoms with Gasteiger partial charge >= 0.3 is 0 Å². The summed E-state index contributed by atoms with van der Waals surface area (Å²) in [6, 6.07) is 9.46. The molecule has 0 fully saturated rings. The lowest BCUT2D eigenvalue weighted by atomic mass is 10.1. The molecule has 1 heterocycles. The van der Waals surface area contributed by atoms with Crippen molar-refractivity contribution >= 4 is 28.9 Å². The summed E-state index contributed by atoms with van der Waals surface area (Å²) < 4.78 is 0. The average molecular weight is 285 g/mol. The van der Waals surface area contributed by atoms with Gasteiger partial charge in [0.25, 0.3) is 0 Å². The Morgan fingerprint density at radius 1 is 1.38 bits per heavy atom. The van der Waals surface area contributed by atoms with Crippen LogP contribution in [0, 0.1) is 0 Å². The lowest BCUT2D eigenvalue weighted by molar-refractivity contribution is -0.120. The zero-order valence-corrected chi connectivity index (χ0v) is 12.5. The summed E-state index contributed by atoms with van der Waals surface area (Å²) in [4.78, 5) is 29.3. The first-order valence-corrected chi connectivity index (χ1v) is 6.86. The second-order valence-corrected chi connectivity index (χ2v) is 5.29. The summed E-state index contributed by atoms with van der Waals surface area (Å²) >= 11 is 0. The number of aldehydes is 1. The van der Waals surface area contributed by atoms with E-state index >= 15 is 0 Å². The van der Waals surface area contributed by atoms with Crippen LogP contribution in [0.1, 0.15) is 24.2 Å². The van der Waals surface area contributed by atoms with Gasteiger partial charge in [0.2, 0.25) is 5.91 Å². The predicted molar refractivity (Wildman–Crippen MR) is 83.7 cm³/mol. The van der Waals surface area contributed by atoms with Crippen molar-refractivity contribution in [3.05, 3.63) is 35.9 Å². The summed E-state index contributed by atoms with van der Waals surface area (Å²) in [7, 11) is 1.75. The fourth-order valence-electron chi connectivity index (χ4n) is 2.17. The van der Waals surface area contributed by atoms with Crippen LogP contribution in [0.3, 0.4) is 0 Å². The monoisotopic (exact) mass is 285 g/mol. The van der Waals surface area contributed by atoms with Crippen molar-refractivity contribution in [1.29, 1.82) is 0 Å². The number of nitrogens with zero attached hydrogens (tertiary/aromatic N) is 2. The summed E-state index contributed by atoms with van der Waals surface area (Å²) in [6.07, 6.45) is 0.769. The van der Waals surface area contributed by atoms with Crippen LogP contribution in [0.2, 0.25) is 0 Å². The van der Waals surface area contributed by atoms with Crippen LogP contribution < -0.4 is 10.2 Å². The first-order valence-electron chi connectivity index (χ1n) is 6.86. The Balaban J connectivity index is 2.31. The Hall–Kier alpha value is -2.43. The maximum absolute atomic E-state index is 11.8. The van der Waals surface area contributed by atoms with Gasteiger partial charge in [-0.05, 0) is 26.0 Å². The number of likely N-dealkylation sites (N-methyl/N-ethyl adjacent to an activating group) is 1. The zero-order chi connectivity index (χ0) is 15.4. The van der Waals surface area contributed by atoms with Crippen molar-refractivity contribution in [3.8, 4) is 0 Å². The molecule has 0 saturated heterocycles. The quantitative estimate of drug-likeness (QED) is 0.854. The largest absolute Gasteiger partial charge is 0.352 e. The molecule has 2 aromatic rings. The molecule has 5 heteroatoms. The molecule has 0 aliphatic heterocycles. The Bertz CT molecular complexity index is 668. The van der Waals surface area contributed by atoms with Gasteiger partial charge in [-0.15, -0.1) is 0 Å². The molecule has 0 unspecified atom stereocenters. The minimum atomic E-state index is -0.0979. The van der Waals surface area contributed by atoms with Crippen molar-refractivity contribution in [2.24, 2.45) is 0 Å². The number of hydrogen-bond donors (Lipinski definition) is 1. The summed E-state index contributed by atoms with van der Waals surface area (Å²) in [5.74, 6) is 0.418. The molecule has 1 N–H and O–H groups in total. The molecule has 1 amide bonds. The second-order valence-electron chi connectivity index (χ2n) is 5.29. The normalized spacial score (nSPS) is 10.7. The van der Waals surface area contributed by atoms with Crippen LogP contribution in [0.25, 0.3) is 10.9 Å². The number of hydrogen-bond acceptors (Lipinski definition) is 4. The molecule has 0 atom stereocenters. The minimum absolute atomic E-state index is 0.0843. The number of rotatable bonds is 5. The van der Waals surface area contributed by atoms with Crippen LogP contribution in [-0.4, -0.2) is 36.8 Å². The Kier molecular flexibility index (Phi) is 4.52. The highest BCUT2D eigenvalue weighted by Gasteiger charge is 2.14. The number of carbonyl (C=O) groups is 2. The number of carbonyl (C=O) groups excluding carboxylic acids is 2. The van der Waals surface area contributed by atoms with Gasteiger partial charge in [-0.1, -0.05) is 18.2 Å². The van der Waals surface area contributed by atoms with E-state index in [1.165, 1.54) is 0 Å². The smallest absolute Gasteiger partial charge is 0.239 e. The van der Waals surface area contributed by atoms with Crippen molar-refractivity contribution < 1.29 is 9.59 Å². The maximum atomic E-state index is 11.8. The fourth-order valence-corrected chi connectivity index (χ4v) is 2.17. The molecule has 0 saturated carbocycles. The standard InChI is InChI=1S/C16H19N3O2/c1-11(2)17-15(21)9-19(3)16-13(10-20)8-12-6-4-5-7-14(12)18-16/h4-8,10-11H,9H2,1-3H3,(H,17,21). The molecule has 0 aliphatic rings. The number of para-hydroxylation sites is 1. The summed E-state index contributed by atoms with van der Waals surface area (Å²) in [5.41, 5.74) is 1.28. The van der Waals surface area contributed by atoms with E-state index in [0.29, 0.717) is 11.4 Å². The molecule has 21 heavy (non-hydrogen) atoms. The third-order valence-electron chi connectivity index (χ3n) is 3.05. The number of anilines is 1. The molecule has 0 bridgehead atoms. The zero-order valence-electron chi connectivity index (χ0n) is 12.5. The van der Waals surface area contributed by atoms with E-state index < -0.39 is 0 Å². The molecule has 0 aliphatic carbocycles. The van der Waals surface area contributed by atoms with Crippen molar-refractivity contribution in [2.75, 3.05) is 18.5 Å². The first kappa shape index (κ1) is 15.0. The number of benzene rings is 1. The fraction of sp³-hybridized carbons (Fsp3) is 0.312. The van der Waals surface area contributed by atoms with Gasteiger partial charge in [-0.2, -0.15) is 0 Å². The molecule has 1 aromatic heterocycles. The number of fused-ring (bicyclic) bond motifs is 1. The van der Waals surface area contributed by atoms with E-state index in [2.05, 4.69) is 10.3 Å². The molecule has 1 aromatic carbocycles. The van der Waals surface area contributed by atoms with Crippen LogP contribution in [0.5, 0.6) is 0 Å². The molecule has 0 spiro atoms. The Morgan fingerprint density at radius 2 is 2.10 bits per heavy atom. The highest BCUT2D eigenvalue weighted by atomic mass is 16.2. The van der Waals surface area contributed by atoms with E-state index in [4.69, 9.17) is 0 Å². The third kappa shape index (κ3) is 3.56. The molecule has 5 nitrogen and oxygen atoms in total. The minimum Gasteiger partial charge on any atom is -0.352 e. The van der Waals surface area contributed by atoms with Gasteiger partial charge in [0.15, 0.2) is 6.29 Å². The van der Waals surface area contributed by atoms with E-state index in [1.807, 2.05) is 38.1 Å². The van der Waals surface area contributed by atoms with Crippen molar-refractivity contribution in [1.82, 2.24) is 10.3 Å². The second kappa shape index (κ2) is 6.35. The number of amides is 1. The summed E-state index contributed by atoms with van der Waals surface area (Å²) in [6.45, 7) is 3.97. The van der Waals surface area contributed by atoms with E-state index in [0.717, 1.165) is 17.2 Å². The van der Waals surface area contributed by atoms with Gasteiger partial charge < -0.3 is 10.2 Å². The third-order valence-corrected chi connectivity index (χ3v) is 3.05. The average Bonchev–Trinajstić information content (AvgIpc) is 2.44. The number of aromatic nitrogens is 1. The van der Waals surface area contributed by atoms with E-state index in [1.54, 1.807) is 18.0 Å². The van der Waals surface area contributed by atoms with Crippen LogP contribution in [0.4, 0.5) is 5.82 Å². The van der Waals surface area contributed by atoms with E-state index in [-0.39, 0.29) is 18.5 Å². The van der Waals surface area contributed by atoms with Crippen molar-refractivity contribution in [2.45, 2.75) is 19.9 Å². The number of nitrogens with one attached hydrogen (secondary N) is 1. The van der Waals surface area contributed by atoms with Gasteiger partial charge in [-0.3, -0.25) is 9.59 Å². The maximum Gasteiger partial charge on any atom is 0.239 e. The van der Waals surface area contributed by atoms with Gasteiger partial charge in [0.1, 0.15) is 5.82 Å². The number of pyridine rings is 1. The molecule has 0 radical (unpaired) electrons. The topological polar surface area (TPSA) is 62.3 Å². The van der Waals surface area contributed by atoms with Crippen LogP contribution in [0.15, 0.2) is 30.3 Å². The Morgan fingerprint density at radius 3 is 2.76 bits per heavy atom. The lowest BCUT2D eigenvalue weighted by Gasteiger charge is -2.20. The van der Waals surface area contributed by atoms with Crippen LogP contribution >= 0.6 is 0 Å². The van der Waals surface area contributed by atoms with Gasteiger partial charge in [-0.25, -0.2) is 4.98 Å². The highest BCUT2D eigenvalue weighted by molar-refractivity contribution is 5.92. The van der Waals surface area contributed by atoms with Gasteiger partial charge in [0, 0.05) is 18.5 Å². The van der Waals surface area contributed by atoms with E-state index in [9.17, 15) is 9.59 Å². The first-order chi connectivity index (χ1) is 10.0. The van der Waals surface area contributed by atoms with Crippen LogP contribution in [-0.2, 0) is 4.79 Å². The molecule has 110 valence electrons. The SMILES string of the molecule is CC(C)NC(=O)CN(C)c1nc2ccccc2cc1C=O. The molecule has 2 rings (SSSR count). The molecular formula is C16H19N3O2. The molecular weight excluding hydrogens is 266 g/mol. The summed E-state index contributed by atoms with van der Waals surface area (Å²) in [5, 5.41) is 3.73. The predicted octanol–water partition coefficient (Wildman–Crippen LogP) is 2.01. The van der Waals surface area contributed by atoms with Gasteiger partial charge in [0.05, 0.1) is 17.6 Å².